The van der Waals surface area contributed by atoms with E-state index in [9.17, 15) is 4.39 Å². The van der Waals surface area contributed by atoms with Crippen LogP contribution < -0.4 is 0 Å². The number of oxazole rings is 3. The SMILES string of the molecule is Cc1ccc(-c2ccc3ccc4c(-c5ccc(C)cc5)cc(-c5nc6cc(-c7cccc(F)c7)ccc6o5)c5ccc2c3c45)cc1.Cc1ccc(-c2ccc3ccc4c(-c5ccc(C)cc5)cc(-c5nc6cc(-c7cccc8ccccc78)ccc6o5)c5ccc2c3c45)cc1.c1ccc2oc(-c3cc(-c4ccncc4)c4ccc5ccc(-c6ccncc6)c6ccc3c4c56)nc2c1. The van der Waals surface area contributed by atoms with Crippen LogP contribution in [0.4, 0.5) is 4.39 Å². The van der Waals surface area contributed by atoms with Crippen LogP contribution in [-0.2, 0) is 0 Å². The number of nitrogens with zero attached hydrogens (tertiary/aromatic N) is 5. The van der Waals surface area contributed by atoms with Crippen molar-refractivity contribution in [1.29, 1.82) is 0 Å². The van der Waals surface area contributed by atoms with E-state index < -0.39 is 0 Å². The quantitative estimate of drug-likeness (QED) is 0.118. The van der Waals surface area contributed by atoms with Crippen LogP contribution >= 0.6 is 0 Å². The van der Waals surface area contributed by atoms with Gasteiger partial charge >= 0.3 is 0 Å². The fourth-order valence-corrected chi connectivity index (χ4v) is 20.3. The first-order valence-electron chi connectivity index (χ1n) is 44.7. The Kier molecular flexibility index (Phi) is 18.2. The number of hydrogen-bond acceptors (Lipinski definition) is 8. The predicted octanol–water partition coefficient (Wildman–Crippen LogP) is 33.8. The molecule has 0 saturated carbocycles. The highest BCUT2D eigenvalue weighted by Gasteiger charge is 2.27. The van der Waals surface area contributed by atoms with Gasteiger partial charge in [-0.25, -0.2) is 19.3 Å². The molecule has 27 rings (SSSR count). The third kappa shape index (κ3) is 13.1. The molecular weight excluding hydrogens is 1610 g/mol. The Balaban J connectivity index is 0.000000107. The summed E-state index contributed by atoms with van der Waals surface area (Å²) < 4.78 is 33.4. The molecule has 27 aromatic rings. The van der Waals surface area contributed by atoms with Crippen molar-refractivity contribution in [3.8, 4) is 123 Å². The van der Waals surface area contributed by atoms with E-state index in [4.69, 9.17) is 28.2 Å². The van der Waals surface area contributed by atoms with Crippen LogP contribution in [0.2, 0.25) is 0 Å². The minimum absolute atomic E-state index is 0.263. The summed E-state index contributed by atoms with van der Waals surface area (Å²) in [7, 11) is 0. The fourth-order valence-electron chi connectivity index (χ4n) is 20.3. The molecule has 132 heavy (non-hydrogen) atoms. The second-order valence-corrected chi connectivity index (χ2v) is 34.9. The molecule has 0 N–H and O–H groups in total. The molecule has 0 spiro atoms. The van der Waals surface area contributed by atoms with Gasteiger partial charge in [0.2, 0.25) is 17.7 Å². The van der Waals surface area contributed by atoms with Gasteiger partial charge in [-0.05, 0) is 315 Å². The average Bonchev–Trinajstić information content (AvgIpc) is 0.899. The van der Waals surface area contributed by atoms with Gasteiger partial charge in [0.1, 0.15) is 22.4 Å². The highest BCUT2D eigenvalue weighted by atomic mass is 19.1. The van der Waals surface area contributed by atoms with Crippen molar-refractivity contribution in [3.05, 3.63) is 429 Å². The number of fused-ring (bicyclic) bond motifs is 4. The topological polar surface area (TPSA) is 104 Å². The molecule has 0 aliphatic carbocycles. The number of halogens is 1. The molecule has 0 radical (unpaired) electrons. The zero-order valence-electron chi connectivity index (χ0n) is 72.4. The Morgan fingerprint density at radius 2 is 0.500 bits per heavy atom. The monoisotopic (exact) mass is 1690 g/mol. The zero-order valence-corrected chi connectivity index (χ0v) is 72.4. The van der Waals surface area contributed by atoms with Crippen LogP contribution in [0, 0.1) is 33.5 Å². The number of aromatic nitrogens is 5. The van der Waals surface area contributed by atoms with E-state index in [1.807, 2.05) is 73.3 Å². The summed E-state index contributed by atoms with van der Waals surface area (Å²) >= 11 is 0. The van der Waals surface area contributed by atoms with E-state index in [1.165, 1.54) is 164 Å². The number of para-hydroxylation sites is 2. The molecule has 0 atom stereocenters. The van der Waals surface area contributed by atoms with E-state index in [-0.39, 0.29) is 5.82 Å². The Labute approximate surface area is 758 Å². The summed E-state index contributed by atoms with van der Waals surface area (Å²) in [6, 6.07) is 132. The molecule has 0 unspecified atom stereocenters. The van der Waals surface area contributed by atoms with E-state index in [1.54, 1.807) is 12.1 Å². The number of aryl methyl sites for hydroxylation is 4. The van der Waals surface area contributed by atoms with Crippen LogP contribution in [0.3, 0.4) is 0 Å². The maximum Gasteiger partial charge on any atom is 0.227 e. The van der Waals surface area contributed by atoms with Crippen molar-refractivity contribution in [2.75, 3.05) is 0 Å². The molecule has 620 valence electrons. The molecule has 0 saturated heterocycles. The van der Waals surface area contributed by atoms with Crippen LogP contribution in [0.25, 0.3) is 264 Å². The van der Waals surface area contributed by atoms with Crippen LogP contribution in [0.15, 0.2) is 414 Å². The van der Waals surface area contributed by atoms with E-state index in [2.05, 4.69) is 347 Å². The van der Waals surface area contributed by atoms with Gasteiger partial charge in [0.05, 0.1) is 0 Å². The molecule has 0 amide bonds. The lowest BCUT2D eigenvalue weighted by Crippen LogP contribution is -1.92. The van der Waals surface area contributed by atoms with Crippen LogP contribution in [0.5, 0.6) is 0 Å². The summed E-state index contributed by atoms with van der Waals surface area (Å²) in [5.41, 5.74) is 30.8. The van der Waals surface area contributed by atoms with Gasteiger partial charge < -0.3 is 13.3 Å². The van der Waals surface area contributed by atoms with Gasteiger partial charge in [0.25, 0.3) is 0 Å². The van der Waals surface area contributed by atoms with Crippen molar-refractivity contribution in [2.45, 2.75) is 27.7 Å². The van der Waals surface area contributed by atoms with Crippen molar-refractivity contribution < 1.29 is 17.6 Å². The highest BCUT2D eigenvalue weighted by molar-refractivity contribution is 6.33. The van der Waals surface area contributed by atoms with Crippen molar-refractivity contribution >= 4 is 141 Å². The minimum atomic E-state index is -0.263. The molecule has 5 aromatic heterocycles. The van der Waals surface area contributed by atoms with E-state index in [0.29, 0.717) is 23.3 Å². The summed E-state index contributed by atoms with van der Waals surface area (Å²) in [5.74, 6) is 1.57. The van der Waals surface area contributed by atoms with Crippen LogP contribution in [0.1, 0.15) is 22.3 Å². The maximum absolute atomic E-state index is 14.0. The van der Waals surface area contributed by atoms with Gasteiger partial charge in [-0.1, -0.05) is 307 Å². The molecule has 5 heterocycles. The summed E-state index contributed by atoms with van der Waals surface area (Å²) in [4.78, 5) is 23.6. The summed E-state index contributed by atoms with van der Waals surface area (Å²) in [6.45, 7) is 8.51. The van der Waals surface area contributed by atoms with Gasteiger partial charge in [-0.3, -0.25) is 9.97 Å². The van der Waals surface area contributed by atoms with Crippen molar-refractivity contribution in [3.63, 3.8) is 0 Å². The predicted molar refractivity (Wildman–Crippen MR) is 545 cm³/mol. The smallest absolute Gasteiger partial charge is 0.227 e. The molecule has 0 fully saturated rings. The summed E-state index contributed by atoms with van der Waals surface area (Å²) in [5, 5.41) is 24.2. The van der Waals surface area contributed by atoms with E-state index in [0.717, 1.165) is 105 Å². The minimum Gasteiger partial charge on any atom is -0.436 e. The van der Waals surface area contributed by atoms with Gasteiger partial charge in [-0.15, -0.1) is 0 Å². The Morgan fingerprint density at radius 3 is 0.939 bits per heavy atom. The van der Waals surface area contributed by atoms with E-state index >= 15 is 0 Å². The first-order valence-corrected chi connectivity index (χ1v) is 44.7. The lowest BCUT2D eigenvalue weighted by molar-refractivity contribution is 0.620. The average molecular weight is 1690 g/mol. The largest absolute Gasteiger partial charge is 0.436 e. The van der Waals surface area contributed by atoms with Crippen LogP contribution in [-0.4, -0.2) is 24.9 Å². The standard InChI is InChI=1S/C47H31NO.C43H28FNO.C33H19N3O/c1-28-10-14-31(15-11-28)37-21-18-33-19-22-39-41(32-16-12-29(2)13-17-32)27-42(40-24-23-38(37)45(33)46(39)40)47-48-43-26-34(20-25-44(43)49-47)36-9-5-7-30-6-3-4-8-35(30)36;1-25-6-10-27(11-7-25)33-17-14-29-15-18-35-37(28-12-8-26(2)9-13-28)24-38(36-20-19-34(33)41(29)42(35)36)43-45-39-23-31(16-21-40(39)46-43)30-4-3-5-32(44)22-30;1-2-4-30-29(3-1)36-33(37-30)28-19-27(21-13-17-35-18-14-21)25-8-6-22-5-7-23(20-11-15-34-16-12-20)24-9-10-26(28)32(25)31(22)24/h3-27H,1-2H3;3-24H,1-2H3;1-19H. The molecule has 0 aliphatic heterocycles. The van der Waals surface area contributed by atoms with Gasteiger partial charge in [0.15, 0.2) is 16.7 Å². The second-order valence-electron chi connectivity index (χ2n) is 34.9. The third-order valence-corrected chi connectivity index (χ3v) is 26.8. The van der Waals surface area contributed by atoms with Gasteiger partial charge in [-0.2, -0.15) is 0 Å². The number of pyridine rings is 2. The molecule has 0 bridgehead atoms. The summed E-state index contributed by atoms with van der Waals surface area (Å²) in [6.07, 6.45) is 7.38. The van der Waals surface area contributed by atoms with Crippen molar-refractivity contribution in [1.82, 2.24) is 24.9 Å². The van der Waals surface area contributed by atoms with Gasteiger partial charge in [0, 0.05) is 41.5 Å². The molecular formula is C123H78FN5O3. The Bertz CT molecular complexity index is 9200. The normalized spacial score (nSPS) is 11.8. The number of benzene rings is 22. The zero-order chi connectivity index (χ0) is 87.9. The molecule has 8 nitrogen and oxygen atoms in total. The first kappa shape index (κ1) is 77.2. The number of hydrogen-bond donors (Lipinski definition) is 0. The van der Waals surface area contributed by atoms with Crippen molar-refractivity contribution in [2.24, 2.45) is 0 Å². The molecule has 0 aliphatic rings. The third-order valence-electron chi connectivity index (χ3n) is 26.8. The first-order chi connectivity index (χ1) is 64.9. The number of rotatable bonds is 11. The lowest BCUT2D eigenvalue weighted by atomic mass is 9.85. The Morgan fingerprint density at radius 1 is 0.189 bits per heavy atom. The lowest BCUT2D eigenvalue weighted by Gasteiger charge is -2.18. The Hall–Kier alpha value is -17.1. The fraction of sp³-hybridized carbons (Fsp3) is 0.0325. The molecule has 22 aromatic carbocycles. The second kappa shape index (κ2) is 31.1. The molecule has 9 heteroatoms. The highest BCUT2D eigenvalue weighted by Crippen LogP contribution is 2.52. The maximum atomic E-state index is 14.0.